The maximum atomic E-state index is 11.6. The molecule has 0 aliphatic heterocycles. The summed E-state index contributed by atoms with van der Waals surface area (Å²) in [6.45, 7) is 7.94. The molecular weight excluding hydrogens is 290 g/mol. The predicted octanol–water partition coefficient (Wildman–Crippen LogP) is 2.57. The lowest BCUT2D eigenvalue weighted by Gasteiger charge is -2.21. The third-order valence-electron chi connectivity index (χ3n) is 2.74. The number of nitrogens with one attached hydrogen (secondary N) is 1. The summed E-state index contributed by atoms with van der Waals surface area (Å²) in [5.74, 6) is 0.527. The fourth-order valence-electron chi connectivity index (χ4n) is 1.59. The van der Waals surface area contributed by atoms with E-state index in [1.54, 1.807) is 25.3 Å². The van der Waals surface area contributed by atoms with Crippen LogP contribution in [-0.2, 0) is 14.6 Å². The van der Waals surface area contributed by atoms with Crippen molar-refractivity contribution in [3.63, 3.8) is 0 Å². The van der Waals surface area contributed by atoms with E-state index in [-0.39, 0.29) is 10.3 Å². The van der Waals surface area contributed by atoms with E-state index in [1.165, 1.54) is 6.26 Å². The molecule has 0 unspecified atom stereocenters. The Kier molecular flexibility index (Phi) is 6.04. The molecule has 0 aliphatic carbocycles. The summed E-state index contributed by atoms with van der Waals surface area (Å²) in [7, 11) is -1.66. The molecule has 6 heteroatoms. The van der Waals surface area contributed by atoms with Gasteiger partial charge in [-0.2, -0.15) is 0 Å². The zero-order valence-electron chi connectivity index (χ0n) is 13.4. The van der Waals surface area contributed by atoms with E-state index >= 15 is 0 Å². The van der Waals surface area contributed by atoms with Crippen LogP contribution in [-0.4, -0.2) is 41.5 Å². The molecule has 120 valence electrons. The van der Waals surface area contributed by atoms with Crippen LogP contribution in [0.4, 0.5) is 5.69 Å². The second-order valence-corrected chi connectivity index (χ2v) is 8.20. The monoisotopic (exact) mass is 315 g/mol. The fourth-order valence-corrected chi connectivity index (χ4v) is 2.23. The van der Waals surface area contributed by atoms with Crippen molar-refractivity contribution in [3.8, 4) is 5.75 Å². The molecule has 0 aromatic heterocycles. The van der Waals surface area contributed by atoms with Gasteiger partial charge in [0.1, 0.15) is 12.4 Å². The molecule has 0 amide bonds. The zero-order valence-corrected chi connectivity index (χ0v) is 14.2. The maximum absolute atomic E-state index is 11.6. The molecule has 0 saturated heterocycles. The first kappa shape index (κ1) is 17.8. The van der Waals surface area contributed by atoms with Crippen LogP contribution in [0.3, 0.4) is 0 Å². The Morgan fingerprint density at radius 1 is 1.19 bits per heavy atom. The molecule has 1 aromatic rings. The van der Waals surface area contributed by atoms with Crippen molar-refractivity contribution in [2.75, 3.05) is 38.4 Å². The summed E-state index contributed by atoms with van der Waals surface area (Å²) in [5.41, 5.74) is 0.896. The highest BCUT2D eigenvalue weighted by Crippen LogP contribution is 2.29. The van der Waals surface area contributed by atoms with Gasteiger partial charge in [-0.15, -0.1) is 0 Å². The van der Waals surface area contributed by atoms with Crippen molar-refractivity contribution in [3.05, 3.63) is 18.2 Å². The number of anilines is 1. The van der Waals surface area contributed by atoms with E-state index in [4.69, 9.17) is 9.47 Å². The van der Waals surface area contributed by atoms with Crippen molar-refractivity contribution in [1.29, 1.82) is 0 Å². The standard InChI is InChI=1S/C15H25NO4S/c1-15(2,3)11-16-13-7-6-12(21(5,17)18)10-14(13)20-9-8-19-4/h6-7,10,16H,8-9,11H2,1-5H3. The van der Waals surface area contributed by atoms with Crippen LogP contribution in [0, 0.1) is 5.41 Å². The second kappa shape index (κ2) is 7.13. The molecule has 1 aromatic carbocycles. The van der Waals surface area contributed by atoms with E-state index < -0.39 is 9.84 Å². The summed E-state index contributed by atoms with van der Waals surface area (Å²) < 4.78 is 33.9. The maximum Gasteiger partial charge on any atom is 0.175 e. The highest BCUT2D eigenvalue weighted by Gasteiger charge is 2.15. The molecule has 0 fully saturated rings. The smallest absolute Gasteiger partial charge is 0.175 e. The van der Waals surface area contributed by atoms with Crippen molar-refractivity contribution in [1.82, 2.24) is 0 Å². The lowest BCUT2D eigenvalue weighted by Crippen LogP contribution is -2.19. The number of rotatable bonds is 7. The van der Waals surface area contributed by atoms with Crippen LogP contribution in [0.2, 0.25) is 0 Å². The third-order valence-corrected chi connectivity index (χ3v) is 3.85. The molecule has 1 N–H and O–H groups in total. The summed E-state index contributed by atoms with van der Waals surface area (Å²) >= 11 is 0. The SMILES string of the molecule is COCCOc1cc(S(C)(=O)=O)ccc1NCC(C)(C)C. The molecule has 0 heterocycles. The number of methoxy groups -OCH3 is 1. The predicted molar refractivity (Wildman–Crippen MR) is 84.9 cm³/mol. The van der Waals surface area contributed by atoms with E-state index in [0.29, 0.717) is 19.0 Å². The van der Waals surface area contributed by atoms with Gasteiger partial charge < -0.3 is 14.8 Å². The minimum absolute atomic E-state index is 0.110. The fraction of sp³-hybridized carbons (Fsp3) is 0.600. The van der Waals surface area contributed by atoms with Crippen LogP contribution in [0.5, 0.6) is 5.75 Å². The van der Waals surface area contributed by atoms with Gasteiger partial charge in [-0.25, -0.2) is 8.42 Å². The highest BCUT2D eigenvalue weighted by atomic mass is 32.2. The van der Waals surface area contributed by atoms with Gasteiger partial charge >= 0.3 is 0 Å². The Hall–Kier alpha value is -1.27. The summed E-state index contributed by atoms with van der Waals surface area (Å²) in [6, 6.07) is 4.88. The number of hydrogen-bond donors (Lipinski definition) is 1. The van der Waals surface area contributed by atoms with Crippen molar-refractivity contribution in [2.24, 2.45) is 5.41 Å². The Labute approximate surface area is 127 Å². The van der Waals surface area contributed by atoms with Crippen LogP contribution in [0.25, 0.3) is 0 Å². The number of sulfone groups is 1. The van der Waals surface area contributed by atoms with Gasteiger partial charge in [0.25, 0.3) is 0 Å². The van der Waals surface area contributed by atoms with Crippen LogP contribution in [0.1, 0.15) is 20.8 Å². The lowest BCUT2D eigenvalue weighted by molar-refractivity contribution is 0.146. The first-order chi connectivity index (χ1) is 9.63. The molecule has 0 atom stereocenters. The van der Waals surface area contributed by atoms with Gasteiger partial charge in [0, 0.05) is 26.0 Å². The lowest BCUT2D eigenvalue weighted by atomic mass is 9.97. The van der Waals surface area contributed by atoms with Gasteiger partial charge in [0.05, 0.1) is 17.2 Å². The molecular formula is C15H25NO4S. The van der Waals surface area contributed by atoms with Crippen LogP contribution >= 0.6 is 0 Å². The Morgan fingerprint density at radius 3 is 2.38 bits per heavy atom. The molecule has 5 nitrogen and oxygen atoms in total. The van der Waals surface area contributed by atoms with E-state index in [2.05, 4.69) is 26.1 Å². The van der Waals surface area contributed by atoms with Gasteiger partial charge in [-0.3, -0.25) is 0 Å². The first-order valence-corrected chi connectivity index (χ1v) is 8.72. The Bertz CT molecular complexity index is 562. The first-order valence-electron chi connectivity index (χ1n) is 6.83. The van der Waals surface area contributed by atoms with Gasteiger partial charge in [-0.1, -0.05) is 20.8 Å². The topological polar surface area (TPSA) is 64.6 Å². The Balaban J connectivity index is 2.99. The van der Waals surface area contributed by atoms with Gasteiger partial charge in [-0.05, 0) is 17.5 Å². The van der Waals surface area contributed by atoms with E-state index in [0.717, 1.165) is 12.2 Å². The number of benzene rings is 1. The Morgan fingerprint density at radius 2 is 1.86 bits per heavy atom. The molecule has 0 spiro atoms. The molecule has 0 bridgehead atoms. The van der Waals surface area contributed by atoms with Crippen molar-refractivity contribution < 1.29 is 17.9 Å². The molecule has 0 aliphatic rings. The number of hydrogen-bond acceptors (Lipinski definition) is 5. The molecule has 1 rings (SSSR count). The summed E-state index contributed by atoms with van der Waals surface area (Å²) in [5, 5.41) is 3.30. The minimum atomic E-state index is -3.26. The third kappa shape index (κ3) is 6.35. The second-order valence-electron chi connectivity index (χ2n) is 6.19. The van der Waals surface area contributed by atoms with Crippen LogP contribution < -0.4 is 10.1 Å². The van der Waals surface area contributed by atoms with Gasteiger partial charge in [0.2, 0.25) is 0 Å². The quantitative estimate of drug-likeness (QED) is 0.784. The average molecular weight is 315 g/mol. The highest BCUT2D eigenvalue weighted by molar-refractivity contribution is 7.90. The summed E-state index contributed by atoms with van der Waals surface area (Å²) in [6.07, 6.45) is 1.18. The van der Waals surface area contributed by atoms with E-state index in [9.17, 15) is 8.42 Å². The molecule has 0 saturated carbocycles. The van der Waals surface area contributed by atoms with Crippen molar-refractivity contribution >= 4 is 15.5 Å². The van der Waals surface area contributed by atoms with E-state index in [1.807, 2.05) is 0 Å². The number of ether oxygens (including phenoxy) is 2. The molecule has 0 radical (unpaired) electrons. The normalized spacial score (nSPS) is 12.2. The van der Waals surface area contributed by atoms with Crippen LogP contribution in [0.15, 0.2) is 23.1 Å². The summed E-state index contributed by atoms with van der Waals surface area (Å²) in [4.78, 5) is 0.247. The largest absolute Gasteiger partial charge is 0.489 e. The minimum Gasteiger partial charge on any atom is -0.489 e. The molecule has 21 heavy (non-hydrogen) atoms. The average Bonchev–Trinajstić information content (AvgIpc) is 2.35. The van der Waals surface area contributed by atoms with Crippen molar-refractivity contribution in [2.45, 2.75) is 25.7 Å². The van der Waals surface area contributed by atoms with Gasteiger partial charge in [0.15, 0.2) is 9.84 Å². The zero-order chi connectivity index (χ0) is 16.1.